The highest BCUT2D eigenvalue weighted by molar-refractivity contribution is 5.87. The molecule has 33 heavy (non-hydrogen) atoms. The van der Waals surface area contributed by atoms with Crippen LogP contribution in [0.25, 0.3) is 11.0 Å². The number of nitrogens with zero attached hydrogens (tertiary/aromatic N) is 4. The first-order chi connectivity index (χ1) is 15.8. The molecule has 1 fully saturated rings. The molecule has 0 radical (unpaired) electrons. The Morgan fingerprint density at radius 2 is 1.85 bits per heavy atom. The Labute approximate surface area is 194 Å². The normalized spacial score (nSPS) is 15.4. The molecular weight excluding hydrogens is 414 g/mol. The lowest BCUT2D eigenvalue weighted by Gasteiger charge is -2.33. The number of benzene rings is 2. The molecule has 2 amide bonds. The molecular formula is C26H31N5O2. The Morgan fingerprint density at radius 1 is 1.12 bits per heavy atom. The molecule has 3 aromatic rings. The smallest absolute Gasteiger partial charge is 0.223 e. The number of piperidine rings is 1. The van der Waals surface area contributed by atoms with Crippen molar-refractivity contribution in [2.75, 3.05) is 18.0 Å². The van der Waals surface area contributed by atoms with Crippen molar-refractivity contribution in [2.24, 2.45) is 5.92 Å². The second-order valence-corrected chi connectivity index (χ2v) is 9.65. The van der Waals surface area contributed by atoms with E-state index in [1.165, 1.54) is 4.90 Å². The van der Waals surface area contributed by atoms with Crippen molar-refractivity contribution in [3.05, 3.63) is 60.3 Å². The summed E-state index contributed by atoms with van der Waals surface area (Å²) in [4.78, 5) is 37.3. The number of para-hydroxylation sites is 2. The van der Waals surface area contributed by atoms with E-state index in [0.29, 0.717) is 5.82 Å². The van der Waals surface area contributed by atoms with Gasteiger partial charge in [-0.2, -0.15) is 0 Å². The number of aromatic nitrogens is 2. The van der Waals surface area contributed by atoms with Gasteiger partial charge in [0.05, 0.1) is 22.9 Å². The summed E-state index contributed by atoms with van der Waals surface area (Å²) < 4.78 is 0. The van der Waals surface area contributed by atoms with Gasteiger partial charge in [0.15, 0.2) is 5.82 Å². The van der Waals surface area contributed by atoms with E-state index in [1.807, 2.05) is 63.2 Å². The summed E-state index contributed by atoms with van der Waals surface area (Å²) in [5.41, 5.74) is 3.21. The number of rotatable bonds is 6. The third kappa shape index (κ3) is 5.73. The maximum absolute atomic E-state index is 12.5. The van der Waals surface area contributed by atoms with E-state index >= 15 is 0 Å². The summed E-state index contributed by atoms with van der Waals surface area (Å²) in [7, 11) is 0. The second-order valence-electron chi connectivity index (χ2n) is 9.65. The van der Waals surface area contributed by atoms with Gasteiger partial charge in [0.2, 0.25) is 12.3 Å². The zero-order chi connectivity index (χ0) is 23.4. The van der Waals surface area contributed by atoms with Crippen LogP contribution in [0.5, 0.6) is 0 Å². The lowest BCUT2D eigenvalue weighted by atomic mass is 9.94. The quantitative estimate of drug-likeness (QED) is 0.579. The van der Waals surface area contributed by atoms with Crippen LogP contribution in [-0.4, -0.2) is 45.8 Å². The summed E-state index contributed by atoms with van der Waals surface area (Å²) in [6.07, 6.45) is 4.11. The van der Waals surface area contributed by atoms with Gasteiger partial charge in [-0.05, 0) is 76.5 Å². The predicted octanol–water partition coefficient (Wildman–Crippen LogP) is 4.05. The molecule has 2 heterocycles. The molecule has 1 aliphatic rings. The average molecular weight is 446 g/mol. The number of carbonyl (C=O) groups excluding carboxylic acids is 2. The van der Waals surface area contributed by atoms with Crippen LogP contribution in [0.1, 0.15) is 39.2 Å². The van der Waals surface area contributed by atoms with E-state index in [4.69, 9.17) is 0 Å². The van der Waals surface area contributed by atoms with Gasteiger partial charge in [0.1, 0.15) is 0 Å². The van der Waals surface area contributed by atoms with Crippen LogP contribution in [-0.2, 0) is 16.1 Å². The van der Waals surface area contributed by atoms with Crippen LogP contribution >= 0.6 is 0 Å². The molecule has 1 aliphatic heterocycles. The van der Waals surface area contributed by atoms with E-state index in [-0.39, 0.29) is 17.4 Å². The van der Waals surface area contributed by atoms with E-state index in [1.54, 1.807) is 6.20 Å². The van der Waals surface area contributed by atoms with E-state index < -0.39 is 0 Å². The third-order valence-electron chi connectivity index (χ3n) is 5.84. The first-order valence-corrected chi connectivity index (χ1v) is 11.4. The van der Waals surface area contributed by atoms with Crippen molar-refractivity contribution in [3.63, 3.8) is 0 Å². The Hall–Kier alpha value is -3.32. The van der Waals surface area contributed by atoms with E-state index in [2.05, 4.69) is 26.3 Å². The summed E-state index contributed by atoms with van der Waals surface area (Å²) >= 11 is 0. The average Bonchev–Trinajstić information content (AvgIpc) is 2.79. The van der Waals surface area contributed by atoms with Gasteiger partial charge >= 0.3 is 0 Å². The molecule has 0 saturated carbocycles. The Kier molecular flexibility index (Phi) is 6.70. The van der Waals surface area contributed by atoms with E-state index in [9.17, 15) is 9.59 Å². The van der Waals surface area contributed by atoms with Crippen molar-refractivity contribution in [3.8, 4) is 0 Å². The largest absolute Gasteiger partial charge is 0.351 e. The summed E-state index contributed by atoms with van der Waals surface area (Å²) in [6, 6.07) is 15.5. The van der Waals surface area contributed by atoms with Crippen LogP contribution in [0.15, 0.2) is 54.7 Å². The number of hydrogen-bond acceptors (Lipinski definition) is 5. The molecule has 172 valence electrons. The molecule has 0 bridgehead atoms. The number of carbonyl (C=O) groups is 2. The van der Waals surface area contributed by atoms with Crippen LogP contribution < -0.4 is 10.2 Å². The Balaban J connectivity index is 1.42. The second kappa shape index (κ2) is 9.67. The number of fused-ring (bicyclic) bond motifs is 1. The molecule has 1 aromatic heterocycles. The van der Waals surface area contributed by atoms with Crippen molar-refractivity contribution in [2.45, 2.75) is 45.7 Å². The van der Waals surface area contributed by atoms with Crippen LogP contribution in [0, 0.1) is 5.92 Å². The third-order valence-corrected chi connectivity index (χ3v) is 5.84. The molecule has 0 unspecified atom stereocenters. The van der Waals surface area contributed by atoms with Gasteiger partial charge in [-0.3, -0.25) is 24.4 Å². The number of anilines is 2. The number of nitrogens with one attached hydrogen (secondary N) is 1. The van der Waals surface area contributed by atoms with Crippen molar-refractivity contribution in [1.29, 1.82) is 0 Å². The fourth-order valence-electron chi connectivity index (χ4n) is 4.20. The molecule has 2 aromatic carbocycles. The fourth-order valence-corrected chi connectivity index (χ4v) is 4.20. The van der Waals surface area contributed by atoms with Gasteiger partial charge < -0.3 is 5.32 Å². The lowest BCUT2D eigenvalue weighted by Crippen LogP contribution is -2.46. The fraction of sp³-hybridized carbons (Fsp3) is 0.385. The van der Waals surface area contributed by atoms with Crippen LogP contribution in [0.2, 0.25) is 0 Å². The highest BCUT2D eigenvalue weighted by atomic mass is 16.2. The number of likely N-dealkylation sites (tertiary alicyclic amines) is 1. The van der Waals surface area contributed by atoms with Gasteiger partial charge in [-0.25, -0.2) is 4.98 Å². The van der Waals surface area contributed by atoms with Crippen LogP contribution in [0.3, 0.4) is 0 Å². The van der Waals surface area contributed by atoms with Gasteiger partial charge in [-0.15, -0.1) is 0 Å². The Bertz CT molecular complexity index is 1130. The molecule has 0 aliphatic carbocycles. The predicted molar refractivity (Wildman–Crippen MR) is 130 cm³/mol. The topological polar surface area (TPSA) is 78.4 Å². The first kappa shape index (κ1) is 22.9. The minimum absolute atomic E-state index is 0.0730. The van der Waals surface area contributed by atoms with Crippen molar-refractivity contribution >= 4 is 34.9 Å². The SMILES string of the molecule is CC(C)(C)NC(=O)C1CCN(Cc2cccc(N(C=O)c3cnc4ccccc4n3)c2)CC1. The number of hydrogen-bond donors (Lipinski definition) is 1. The maximum atomic E-state index is 12.5. The monoisotopic (exact) mass is 445 g/mol. The van der Waals surface area contributed by atoms with E-state index in [0.717, 1.165) is 61.2 Å². The molecule has 0 atom stereocenters. The highest BCUT2D eigenvalue weighted by Crippen LogP contribution is 2.26. The summed E-state index contributed by atoms with van der Waals surface area (Å²) in [5, 5.41) is 3.10. The van der Waals surface area contributed by atoms with Gasteiger partial charge in [0.25, 0.3) is 0 Å². The zero-order valence-corrected chi connectivity index (χ0v) is 19.5. The summed E-state index contributed by atoms with van der Waals surface area (Å²) in [6.45, 7) is 8.56. The first-order valence-electron chi connectivity index (χ1n) is 11.4. The van der Waals surface area contributed by atoms with Gasteiger partial charge in [-0.1, -0.05) is 24.3 Å². The molecule has 4 rings (SSSR count). The molecule has 1 N–H and O–H groups in total. The maximum Gasteiger partial charge on any atom is 0.223 e. The Morgan fingerprint density at radius 3 is 2.55 bits per heavy atom. The minimum atomic E-state index is -0.200. The summed E-state index contributed by atoms with van der Waals surface area (Å²) in [5.74, 6) is 0.720. The van der Waals surface area contributed by atoms with Crippen LogP contribution in [0.4, 0.5) is 11.5 Å². The zero-order valence-electron chi connectivity index (χ0n) is 19.5. The molecule has 7 heteroatoms. The molecule has 7 nitrogen and oxygen atoms in total. The van der Waals surface area contributed by atoms with Crippen molar-refractivity contribution in [1.82, 2.24) is 20.2 Å². The standard InChI is InChI=1S/C26H31N5O2/c1-26(2,3)29-25(33)20-11-13-30(14-12-20)17-19-7-6-8-21(15-19)31(18-32)24-16-27-22-9-4-5-10-23(22)28-24/h4-10,15-16,18,20H,11-14,17H2,1-3H3,(H,29,33). The minimum Gasteiger partial charge on any atom is -0.351 e. The van der Waals surface area contributed by atoms with Gasteiger partial charge in [0, 0.05) is 18.0 Å². The highest BCUT2D eigenvalue weighted by Gasteiger charge is 2.27. The lowest BCUT2D eigenvalue weighted by molar-refractivity contribution is -0.128. The molecule has 1 saturated heterocycles. The van der Waals surface area contributed by atoms with Crippen molar-refractivity contribution < 1.29 is 9.59 Å². The molecule has 0 spiro atoms. The number of amides is 2.